The lowest BCUT2D eigenvalue weighted by molar-refractivity contribution is -0.137. The van der Waals surface area contributed by atoms with Gasteiger partial charge in [0.15, 0.2) is 0 Å². The summed E-state index contributed by atoms with van der Waals surface area (Å²) in [6.07, 6.45) is -0.0394. The van der Waals surface area contributed by atoms with Gasteiger partial charge in [-0.15, -0.1) is 0 Å². The van der Waals surface area contributed by atoms with E-state index in [2.05, 4.69) is 5.32 Å². The van der Waals surface area contributed by atoms with Crippen LogP contribution in [0.4, 0.5) is 14.9 Å². The molecule has 2 N–H and O–H groups in total. The molecule has 0 fully saturated rings. The maximum atomic E-state index is 13.2. The SMILES string of the molecule is CCN(C(=O)NC(=O)CCCC(=O)O)c1cccc(F)c1. The van der Waals surface area contributed by atoms with Crippen molar-refractivity contribution in [3.63, 3.8) is 0 Å². The number of imide groups is 1. The molecule has 1 aromatic rings. The number of amides is 3. The lowest BCUT2D eigenvalue weighted by Crippen LogP contribution is -2.43. The molecular weight excluding hydrogens is 279 g/mol. The molecule has 1 rings (SSSR count). The van der Waals surface area contributed by atoms with E-state index < -0.39 is 23.7 Å². The van der Waals surface area contributed by atoms with E-state index in [-0.39, 0.29) is 25.8 Å². The van der Waals surface area contributed by atoms with Crippen LogP contribution in [0.2, 0.25) is 0 Å². The second-order valence-corrected chi connectivity index (χ2v) is 4.32. The number of nitrogens with one attached hydrogen (secondary N) is 1. The number of benzene rings is 1. The highest BCUT2D eigenvalue weighted by molar-refractivity contribution is 6.02. The van der Waals surface area contributed by atoms with Gasteiger partial charge in [0.05, 0.1) is 0 Å². The van der Waals surface area contributed by atoms with Gasteiger partial charge in [0.2, 0.25) is 5.91 Å². The quantitative estimate of drug-likeness (QED) is 0.842. The molecule has 7 heteroatoms. The maximum Gasteiger partial charge on any atom is 0.328 e. The first-order chi connectivity index (χ1) is 9.93. The Labute approximate surface area is 121 Å². The first-order valence-electron chi connectivity index (χ1n) is 6.52. The third-order valence-electron chi connectivity index (χ3n) is 2.72. The van der Waals surface area contributed by atoms with E-state index in [0.717, 1.165) is 0 Å². The average molecular weight is 296 g/mol. The number of carboxylic acid groups (broad SMARTS) is 1. The van der Waals surface area contributed by atoms with Crippen molar-refractivity contribution in [2.75, 3.05) is 11.4 Å². The van der Waals surface area contributed by atoms with Gasteiger partial charge in [0.1, 0.15) is 5.82 Å². The van der Waals surface area contributed by atoms with Crippen LogP contribution in [0.3, 0.4) is 0 Å². The molecule has 0 saturated heterocycles. The van der Waals surface area contributed by atoms with E-state index in [0.29, 0.717) is 5.69 Å². The molecule has 0 heterocycles. The Balaban J connectivity index is 2.59. The number of hydrogen-bond acceptors (Lipinski definition) is 3. The van der Waals surface area contributed by atoms with Gasteiger partial charge in [0, 0.05) is 25.1 Å². The number of hydrogen-bond donors (Lipinski definition) is 2. The number of carbonyl (C=O) groups is 3. The fourth-order valence-electron chi connectivity index (χ4n) is 1.74. The molecule has 0 unspecified atom stereocenters. The lowest BCUT2D eigenvalue weighted by atomic mass is 10.2. The van der Waals surface area contributed by atoms with Crippen molar-refractivity contribution in [3.8, 4) is 0 Å². The van der Waals surface area contributed by atoms with Crippen molar-refractivity contribution >= 4 is 23.6 Å². The number of anilines is 1. The number of aliphatic carboxylic acids is 1. The van der Waals surface area contributed by atoms with Crippen LogP contribution in [0.25, 0.3) is 0 Å². The van der Waals surface area contributed by atoms with Crippen molar-refractivity contribution < 1.29 is 23.9 Å². The van der Waals surface area contributed by atoms with Crippen LogP contribution < -0.4 is 10.2 Å². The molecule has 0 atom stereocenters. The Morgan fingerprint density at radius 2 is 2.00 bits per heavy atom. The van der Waals surface area contributed by atoms with E-state index in [9.17, 15) is 18.8 Å². The van der Waals surface area contributed by atoms with E-state index in [4.69, 9.17) is 5.11 Å². The number of rotatable bonds is 6. The third-order valence-corrected chi connectivity index (χ3v) is 2.72. The molecule has 0 aromatic heterocycles. The highest BCUT2D eigenvalue weighted by atomic mass is 19.1. The Morgan fingerprint density at radius 1 is 1.29 bits per heavy atom. The topological polar surface area (TPSA) is 86.7 Å². The zero-order valence-corrected chi connectivity index (χ0v) is 11.6. The number of urea groups is 1. The molecule has 6 nitrogen and oxygen atoms in total. The van der Waals surface area contributed by atoms with Gasteiger partial charge in [-0.05, 0) is 31.5 Å². The second-order valence-electron chi connectivity index (χ2n) is 4.32. The molecule has 114 valence electrons. The minimum absolute atomic E-state index is 0.0568. The summed E-state index contributed by atoms with van der Waals surface area (Å²) in [5, 5.41) is 10.6. The maximum absolute atomic E-state index is 13.2. The number of halogens is 1. The van der Waals surface area contributed by atoms with Gasteiger partial charge >= 0.3 is 12.0 Å². The van der Waals surface area contributed by atoms with E-state index in [1.165, 1.54) is 23.1 Å². The molecule has 0 aliphatic heterocycles. The monoisotopic (exact) mass is 296 g/mol. The van der Waals surface area contributed by atoms with Crippen molar-refractivity contribution in [1.82, 2.24) is 5.32 Å². The molecule has 0 radical (unpaired) electrons. The highest BCUT2D eigenvalue weighted by Crippen LogP contribution is 2.15. The fourth-order valence-corrected chi connectivity index (χ4v) is 1.74. The Kier molecular flexibility index (Phi) is 6.32. The van der Waals surface area contributed by atoms with Crippen molar-refractivity contribution in [2.24, 2.45) is 0 Å². The van der Waals surface area contributed by atoms with Crippen LogP contribution in [0.1, 0.15) is 26.2 Å². The van der Waals surface area contributed by atoms with E-state index in [1.807, 2.05) is 0 Å². The molecule has 0 aliphatic rings. The van der Waals surface area contributed by atoms with Gasteiger partial charge in [-0.25, -0.2) is 9.18 Å². The molecule has 0 aliphatic carbocycles. The van der Waals surface area contributed by atoms with Gasteiger partial charge < -0.3 is 5.11 Å². The largest absolute Gasteiger partial charge is 0.481 e. The standard InChI is InChI=1S/C14H17FN2O4/c1-2-17(11-6-3-5-10(15)9-11)14(21)16-12(18)7-4-8-13(19)20/h3,5-6,9H,2,4,7-8H2,1H3,(H,19,20)(H,16,18,21). The Hall–Kier alpha value is -2.44. The van der Waals surface area contributed by atoms with Crippen LogP contribution >= 0.6 is 0 Å². The van der Waals surface area contributed by atoms with Crippen molar-refractivity contribution in [1.29, 1.82) is 0 Å². The smallest absolute Gasteiger partial charge is 0.328 e. The number of carboxylic acids is 1. The zero-order chi connectivity index (χ0) is 15.8. The van der Waals surface area contributed by atoms with Crippen LogP contribution in [-0.4, -0.2) is 29.6 Å². The average Bonchev–Trinajstić information content (AvgIpc) is 2.39. The van der Waals surface area contributed by atoms with Crippen LogP contribution in [-0.2, 0) is 9.59 Å². The summed E-state index contributed by atoms with van der Waals surface area (Å²) in [6, 6.07) is 4.81. The summed E-state index contributed by atoms with van der Waals surface area (Å²) in [5.41, 5.74) is 0.341. The minimum atomic E-state index is -0.996. The Morgan fingerprint density at radius 3 is 2.57 bits per heavy atom. The van der Waals surface area contributed by atoms with Crippen LogP contribution in [0.15, 0.2) is 24.3 Å². The summed E-state index contributed by atoms with van der Waals surface area (Å²) in [4.78, 5) is 35.0. The summed E-state index contributed by atoms with van der Waals surface area (Å²) in [5.74, 6) is -2.04. The summed E-state index contributed by atoms with van der Waals surface area (Å²) >= 11 is 0. The van der Waals surface area contributed by atoms with E-state index in [1.54, 1.807) is 13.0 Å². The summed E-state index contributed by atoms with van der Waals surface area (Å²) < 4.78 is 13.2. The molecule has 21 heavy (non-hydrogen) atoms. The number of carbonyl (C=O) groups excluding carboxylic acids is 2. The predicted octanol–water partition coefficient (Wildman–Crippen LogP) is 2.14. The van der Waals surface area contributed by atoms with Gasteiger partial charge in [0.25, 0.3) is 0 Å². The first kappa shape index (κ1) is 16.6. The molecule has 0 bridgehead atoms. The van der Waals surface area contributed by atoms with Gasteiger partial charge in [-0.1, -0.05) is 6.07 Å². The molecule has 0 spiro atoms. The predicted molar refractivity (Wildman–Crippen MR) is 74.4 cm³/mol. The zero-order valence-electron chi connectivity index (χ0n) is 11.6. The van der Waals surface area contributed by atoms with Gasteiger partial charge in [-0.3, -0.25) is 19.8 Å². The third kappa shape index (κ3) is 5.60. The Bertz CT molecular complexity index is 533. The van der Waals surface area contributed by atoms with Crippen molar-refractivity contribution in [3.05, 3.63) is 30.1 Å². The summed E-state index contributed by atoms with van der Waals surface area (Å²) in [7, 11) is 0. The fraction of sp³-hybridized carbons (Fsp3) is 0.357. The summed E-state index contributed by atoms with van der Waals surface area (Å²) in [6.45, 7) is 1.96. The first-order valence-corrected chi connectivity index (χ1v) is 6.52. The molecule has 1 aromatic carbocycles. The second kappa shape index (κ2) is 7.98. The molecular formula is C14H17FN2O4. The van der Waals surface area contributed by atoms with Crippen LogP contribution in [0.5, 0.6) is 0 Å². The van der Waals surface area contributed by atoms with E-state index >= 15 is 0 Å². The number of nitrogens with zero attached hydrogens (tertiary/aromatic N) is 1. The highest BCUT2D eigenvalue weighted by Gasteiger charge is 2.17. The van der Waals surface area contributed by atoms with Crippen molar-refractivity contribution in [2.45, 2.75) is 26.2 Å². The molecule has 0 saturated carbocycles. The van der Waals surface area contributed by atoms with Gasteiger partial charge in [-0.2, -0.15) is 0 Å². The minimum Gasteiger partial charge on any atom is -0.481 e. The normalized spacial score (nSPS) is 10.0. The van der Waals surface area contributed by atoms with Crippen LogP contribution in [0, 0.1) is 5.82 Å². The molecule has 3 amide bonds. The lowest BCUT2D eigenvalue weighted by Gasteiger charge is -2.21.